The third kappa shape index (κ3) is 2.22. The van der Waals surface area contributed by atoms with E-state index in [1.165, 1.54) is 0 Å². The first-order chi connectivity index (χ1) is 4.09. The van der Waals surface area contributed by atoms with Crippen LogP contribution in [-0.2, 0) is 0 Å². The molecular weight excluding hydrogens is 122 g/mol. The topological polar surface area (TPSA) is 0 Å². The van der Waals surface area contributed by atoms with E-state index in [-0.39, 0.29) is 5.57 Å². The Balaban J connectivity index is 4.55. The molecule has 0 N–H and O–H groups in total. The molecular formula is C7H8F2. The van der Waals surface area contributed by atoms with E-state index in [0.717, 1.165) is 13.0 Å². The van der Waals surface area contributed by atoms with E-state index in [1.54, 1.807) is 0 Å². The van der Waals surface area contributed by atoms with Crippen molar-refractivity contribution in [3.8, 4) is 0 Å². The van der Waals surface area contributed by atoms with Crippen LogP contribution in [0.2, 0.25) is 0 Å². The normalized spacial score (nSPS) is 12.3. The molecule has 0 spiro atoms. The van der Waals surface area contributed by atoms with Crippen molar-refractivity contribution in [2.75, 3.05) is 0 Å². The first-order valence-corrected chi connectivity index (χ1v) is 2.43. The van der Waals surface area contributed by atoms with E-state index in [2.05, 4.69) is 13.2 Å². The largest absolute Gasteiger partial charge is 0.211 e. The van der Waals surface area contributed by atoms with Gasteiger partial charge in [0.05, 0.1) is 0 Å². The zero-order valence-corrected chi connectivity index (χ0v) is 5.25. The van der Waals surface area contributed by atoms with Crippen molar-refractivity contribution >= 4 is 0 Å². The molecule has 0 aliphatic carbocycles. The Hall–Kier alpha value is -0.920. The molecule has 0 radical (unpaired) electrons. The SMILES string of the molecule is C=C/C(C(=C)F)=C(/C)F. The summed E-state index contributed by atoms with van der Waals surface area (Å²) in [6.07, 6.45) is 1.09. The molecule has 0 amide bonds. The van der Waals surface area contributed by atoms with E-state index in [1.807, 2.05) is 0 Å². The molecule has 0 rings (SSSR count). The van der Waals surface area contributed by atoms with E-state index < -0.39 is 11.7 Å². The summed E-state index contributed by atoms with van der Waals surface area (Å²) in [5.74, 6) is -1.39. The monoisotopic (exact) mass is 130 g/mol. The Kier molecular flexibility index (Phi) is 2.85. The molecule has 0 aliphatic heterocycles. The van der Waals surface area contributed by atoms with Crippen molar-refractivity contribution in [2.24, 2.45) is 0 Å². The summed E-state index contributed by atoms with van der Waals surface area (Å²) in [6.45, 7) is 7.27. The quantitative estimate of drug-likeness (QED) is 0.504. The van der Waals surface area contributed by atoms with Crippen LogP contribution in [0.1, 0.15) is 6.92 Å². The van der Waals surface area contributed by atoms with Crippen LogP contribution < -0.4 is 0 Å². The molecule has 0 saturated carbocycles. The predicted octanol–water partition coefficient (Wildman–Crippen LogP) is 2.90. The molecule has 9 heavy (non-hydrogen) atoms. The first-order valence-electron chi connectivity index (χ1n) is 2.43. The van der Waals surface area contributed by atoms with Gasteiger partial charge in [-0.15, -0.1) is 0 Å². The number of halogens is 2. The average molecular weight is 130 g/mol. The van der Waals surface area contributed by atoms with Gasteiger partial charge in [0.25, 0.3) is 0 Å². The highest BCUT2D eigenvalue weighted by Crippen LogP contribution is 2.15. The average Bonchev–Trinajstić information content (AvgIpc) is 1.64. The Morgan fingerprint density at radius 2 is 1.89 bits per heavy atom. The first kappa shape index (κ1) is 8.08. The minimum atomic E-state index is -0.787. The lowest BCUT2D eigenvalue weighted by Gasteiger charge is -1.93. The summed E-state index contributed by atoms with van der Waals surface area (Å²) in [6, 6.07) is 0. The van der Waals surface area contributed by atoms with Crippen LogP contribution in [0.15, 0.2) is 36.5 Å². The van der Waals surface area contributed by atoms with Crippen molar-refractivity contribution in [3.63, 3.8) is 0 Å². The van der Waals surface area contributed by atoms with E-state index in [0.29, 0.717) is 0 Å². The third-order valence-corrected chi connectivity index (χ3v) is 0.868. The Morgan fingerprint density at radius 1 is 1.44 bits per heavy atom. The number of hydrogen-bond acceptors (Lipinski definition) is 0. The van der Waals surface area contributed by atoms with E-state index in [9.17, 15) is 8.78 Å². The fraction of sp³-hybridized carbons (Fsp3) is 0.143. The van der Waals surface area contributed by atoms with Gasteiger partial charge in [-0.25, -0.2) is 8.78 Å². The van der Waals surface area contributed by atoms with Crippen LogP contribution in [0, 0.1) is 0 Å². The molecule has 0 saturated heterocycles. The maximum atomic E-state index is 12.1. The van der Waals surface area contributed by atoms with Crippen molar-refractivity contribution in [3.05, 3.63) is 36.5 Å². The second kappa shape index (κ2) is 3.17. The minimum absolute atomic E-state index is 0.157. The highest BCUT2D eigenvalue weighted by molar-refractivity contribution is 5.34. The van der Waals surface area contributed by atoms with Gasteiger partial charge in [0.2, 0.25) is 0 Å². The van der Waals surface area contributed by atoms with Crippen LogP contribution in [0.5, 0.6) is 0 Å². The van der Waals surface area contributed by atoms with Gasteiger partial charge in [-0.05, 0) is 6.92 Å². The summed E-state index contributed by atoms with van der Waals surface area (Å²) in [4.78, 5) is 0. The molecule has 50 valence electrons. The summed E-state index contributed by atoms with van der Waals surface area (Å²) < 4.78 is 24.2. The Bertz CT molecular complexity index is 162. The van der Waals surface area contributed by atoms with E-state index in [4.69, 9.17) is 0 Å². The molecule has 0 nitrogen and oxygen atoms in total. The summed E-state index contributed by atoms with van der Waals surface area (Å²) in [5.41, 5.74) is -0.157. The molecule has 0 aromatic heterocycles. The Labute approximate surface area is 53.2 Å². The minimum Gasteiger partial charge on any atom is -0.211 e. The highest BCUT2D eigenvalue weighted by atomic mass is 19.1. The standard InChI is InChI=1S/C7H8F2/c1-4-7(5(2)8)6(3)9/h4H,1-2H2,3H3/b7-6+. The van der Waals surface area contributed by atoms with Gasteiger partial charge in [-0.2, -0.15) is 0 Å². The van der Waals surface area contributed by atoms with Gasteiger partial charge in [0, 0.05) is 5.57 Å². The van der Waals surface area contributed by atoms with Crippen LogP contribution in [-0.4, -0.2) is 0 Å². The summed E-state index contributed by atoms with van der Waals surface area (Å²) in [5, 5.41) is 0. The van der Waals surface area contributed by atoms with Crippen LogP contribution in [0.25, 0.3) is 0 Å². The maximum Gasteiger partial charge on any atom is 0.125 e. The molecule has 0 bridgehead atoms. The highest BCUT2D eigenvalue weighted by Gasteiger charge is 1.99. The van der Waals surface area contributed by atoms with Gasteiger partial charge < -0.3 is 0 Å². The van der Waals surface area contributed by atoms with Gasteiger partial charge in [-0.3, -0.25) is 0 Å². The second-order valence-electron chi connectivity index (χ2n) is 1.56. The molecule has 0 fully saturated rings. The van der Waals surface area contributed by atoms with Crippen molar-refractivity contribution < 1.29 is 8.78 Å². The summed E-state index contributed by atoms with van der Waals surface area (Å²) in [7, 11) is 0. The fourth-order valence-electron chi connectivity index (χ4n) is 0.438. The lowest BCUT2D eigenvalue weighted by molar-refractivity contribution is 0.604. The zero-order chi connectivity index (χ0) is 7.44. The van der Waals surface area contributed by atoms with Crippen molar-refractivity contribution in [2.45, 2.75) is 6.92 Å². The van der Waals surface area contributed by atoms with Gasteiger partial charge in [0.15, 0.2) is 0 Å². The molecule has 2 heteroatoms. The summed E-state index contributed by atoms with van der Waals surface area (Å²) >= 11 is 0. The third-order valence-electron chi connectivity index (χ3n) is 0.868. The van der Waals surface area contributed by atoms with Crippen molar-refractivity contribution in [1.29, 1.82) is 0 Å². The van der Waals surface area contributed by atoms with Gasteiger partial charge in [-0.1, -0.05) is 19.2 Å². The number of rotatable bonds is 2. The molecule has 0 unspecified atom stereocenters. The number of hydrogen-bond donors (Lipinski definition) is 0. The van der Waals surface area contributed by atoms with Crippen LogP contribution in [0.4, 0.5) is 8.78 Å². The van der Waals surface area contributed by atoms with Crippen molar-refractivity contribution in [1.82, 2.24) is 0 Å². The molecule has 0 aliphatic rings. The molecule has 0 heterocycles. The molecule has 0 atom stereocenters. The predicted molar refractivity (Wildman–Crippen MR) is 34.3 cm³/mol. The molecule has 0 aromatic carbocycles. The maximum absolute atomic E-state index is 12.1. The lowest BCUT2D eigenvalue weighted by Crippen LogP contribution is -1.78. The van der Waals surface area contributed by atoms with E-state index >= 15 is 0 Å². The lowest BCUT2D eigenvalue weighted by atomic mass is 10.2. The Morgan fingerprint density at radius 3 is 1.89 bits per heavy atom. The smallest absolute Gasteiger partial charge is 0.125 e. The van der Waals surface area contributed by atoms with Crippen LogP contribution in [0.3, 0.4) is 0 Å². The fourth-order valence-corrected chi connectivity index (χ4v) is 0.438. The van der Waals surface area contributed by atoms with Gasteiger partial charge >= 0.3 is 0 Å². The molecule has 0 aromatic rings. The number of allylic oxidation sites excluding steroid dienone is 4. The van der Waals surface area contributed by atoms with Crippen LogP contribution >= 0.6 is 0 Å². The second-order valence-corrected chi connectivity index (χ2v) is 1.56. The van der Waals surface area contributed by atoms with Gasteiger partial charge in [0.1, 0.15) is 11.7 Å². The zero-order valence-electron chi connectivity index (χ0n) is 5.25.